The Morgan fingerprint density at radius 1 is 0.254 bits per heavy atom. The van der Waals surface area contributed by atoms with Crippen LogP contribution in [-0.2, 0) is 25.7 Å². The third-order valence-corrected chi connectivity index (χ3v) is 14.8. The van der Waals surface area contributed by atoms with Crippen LogP contribution in [-0.4, -0.2) is 15.0 Å². The number of aryl methyl sites for hydroxylation is 4. The number of fused-ring (bicyclic) bond motifs is 3. The molecule has 0 bridgehead atoms. The molecule has 4 heteroatoms. The van der Waals surface area contributed by atoms with Gasteiger partial charge in [0.15, 0.2) is 0 Å². The number of aromatic nitrogens is 3. The molecule has 0 N–H and O–H groups in total. The topological polar surface area (TPSA) is 38.7 Å². The summed E-state index contributed by atoms with van der Waals surface area (Å²) >= 11 is 1.84. The molecule has 0 unspecified atom stereocenters. The van der Waals surface area contributed by atoms with E-state index in [1.165, 1.54) is 64.7 Å². The normalized spacial score (nSPS) is 11.3. The molecule has 0 saturated heterocycles. The van der Waals surface area contributed by atoms with Crippen molar-refractivity contribution < 1.29 is 0 Å². The molecule has 0 aliphatic heterocycles. The summed E-state index contributed by atoms with van der Waals surface area (Å²) in [5.41, 5.74) is 20.7. The molecule has 8 aromatic carbocycles. The predicted octanol–water partition coefficient (Wildman–Crippen LogP) is 17.5. The standard InChI is InChI=1S/C67H49N3S/c1-4-14-50(15-5-1)51-30-32-52(33-31-51)60-42-65(55-34-37-67-61(41-55)59-22-12-13-23-66(59)71-67)70-45-62(60)58-21-11-10-20-57(58)56-39-48(26-24-46-28-35-63(68-43-46)53-16-6-2-7-17-53)38-49(40-56)27-25-47-29-36-64(69-44-47)54-18-8-3-9-19-54/h1-23,28-45H,24-27H2. The Bertz CT molecular complexity index is 3670. The molecule has 0 fully saturated rings. The lowest BCUT2D eigenvalue weighted by atomic mass is 9.87. The van der Waals surface area contributed by atoms with E-state index in [1.54, 1.807) is 0 Å². The van der Waals surface area contributed by atoms with Gasteiger partial charge in [-0.2, -0.15) is 0 Å². The zero-order valence-electron chi connectivity index (χ0n) is 39.2. The lowest BCUT2D eigenvalue weighted by Gasteiger charge is -2.18. The molecule has 338 valence electrons. The van der Waals surface area contributed by atoms with Crippen LogP contribution in [0, 0.1) is 0 Å². The average molecular weight is 928 g/mol. The molecule has 0 saturated carbocycles. The first kappa shape index (κ1) is 43.7. The molecule has 0 radical (unpaired) electrons. The summed E-state index contributed by atoms with van der Waals surface area (Å²) < 4.78 is 2.59. The predicted molar refractivity (Wildman–Crippen MR) is 298 cm³/mol. The van der Waals surface area contributed by atoms with E-state index in [4.69, 9.17) is 15.0 Å². The van der Waals surface area contributed by atoms with E-state index in [9.17, 15) is 0 Å². The smallest absolute Gasteiger partial charge is 0.0708 e. The van der Waals surface area contributed by atoms with E-state index < -0.39 is 0 Å². The number of benzene rings is 8. The van der Waals surface area contributed by atoms with Crippen molar-refractivity contribution in [1.29, 1.82) is 0 Å². The Morgan fingerprint density at radius 2 is 0.746 bits per heavy atom. The SMILES string of the molecule is c1ccc(-c2ccc(-c3cc(-c4ccc5sc6ccccc6c5c4)ncc3-c3ccccc3-c3cc(CCc4ccc(-c5ccccc5)nc4)cc(CCc4ccc(-c5ccccc5)nc4)c3)cc2)cc1. The van der Waals surface area contributed by atoms with Crippen molar-refractivity contribution in [2.45, 2.75) is 25.7 Å². The molecule has 0 amide bonds. The minimum absolute atomic E-state index is 0.888. The van der Waals surface area contributed by atoms with Gasteiger partial charge in [0.2, 0.25) is 0 Å². The number of thiophene rings is 1. The molecular formula is C67H49N3S. The molecule has 3 nitrogen and oxygen atoms in total. The zero-order valence-corrected chi connectivity index (χ0v) is 40.1. The first-order chi connectivity index (χ1) is 35.1. The summed E-state index contributed by atoms with van der Waals surface area (Å²) in [7, 11) is 0. The molecule has 0 spiro atoms. The highest BCUT2D eigenvalue weighted by atomic mass is 32.1. The second kappa shape index (κ2) is 19.8. The fraction of sp³-hybridized carbons (Fsp3) is 0.0597. The van der Waals surface area contributed by atoms with Crippen molar-refractivity contribution in [2.24, 2.45) is 0 Å². The maximum absolute atomic E-state index is 5.29. The number of hydrogen-bond donors (Lipinski definition) is 0. The Morgan fingerprint density at radius 3 is 1.37 bits per heavy atom. The molecule has 0 aliphatic carbocycles. The fourth-order valence-electron chi connectivity index (χ4n) is 9.88. The second-order valence-electron chi connectivity index (χ2n) is 18.3. The molecule has 0 aliphatic rings. The van der Waals surface area contributed by atoms with Gasteiger partial charge in [0.05, 0.1) is 17.1 Å². The largest absolute Gasteiger partial charge is 0.256 e. The zero-order chi connectivity index (χ0) is 47.3. The van der Waals surface area contributed by atoms with Crippen molar-refractivity contribution in [2.75, 3.05) is 0 Å². The van der Waals surface area contributed by atoms with Gasteiger partial charge in [0, 0.05) is 61.0 Å². The summed E-state index contributed by atoms with van der Waals surface area (Å²) in [6.07, 6.45) is 9.74. The van der Waals surface area contributed by atoms with Gasteiger partial charge in [-0.15, -0.1) is 11.3 Å². The van der Waals surface area contributed by atoms with E-state index in [0.29, 0.717) is 0 Å². The van der Waals surface area contributed by atoms with Crippen molar-refractivity contribution in [3.05, 3.63) is 271 Å². The highest BCUT2D eigenvalue weighted by Gasteiger charge is 2.18. The molecule has 4 heterocycles. The van der Waals surface area contributed by atoms with Crippen LogP contribution >= 0.6 is 11.3 Å². The van der Waals surface area contributed by atoms with Crippen LogP contribution in [0.2, 0.25) is 0 Å². The summed E-state index contributed by atoms with van der Waals surface area (Å²) in [5, 5.41) is 2.55. The second-order valence-corrected chi connectivity index (χ2v) is 19.4. The van der Waals surface area contributed by atoms with E-state index in [1.807, 2.05) is 35.9 Å². The lowest BCUT2D eigenvalue weighted by molar-refractivity contribution is 0.923. The third kappa shape index (κ3) is 9.46. The van der Waals surface area contributed by atoms with Crippen LogP contribution < -0.4 is 0 Å². The Hall–Kier alpha value is -8.57. The molecule has 71 heavy (non-hydrogen) atoms. The maximum Gasteiger partial charge on any atom is 0.0708 e. The van der Waals surface area contributed by atoms with Gasteiger partial charge in [-0.25, -0.2) is 0 Å². The van der Waals surface area contributed by atoms with Gasteiger partial charge in [-0.1, -0.05) is 194 Å². The van der Waals surface area contributed by atoms with Crippen molar-refractivity contribution in [3.63, 3.8) is 0 Å². The van der Waals surface area contributed by atoms with E-state index >= 15 is 0 Å². The average Bonchev–Trinajstić information content (AvgIpc) is 3.83. The van der Waals surface area contributed by atoms with Crippen LogP contribution in [0.25, 0.3) is 98.5 Å². The minimum Gasteiger partial charge on any atom is -0.256 e. The number of pyridine rings is 3. The lowest BCUT2D eigenvalue weighted by Crippen LogP contribution is -1.99. The van der Waals surface area contributed by atoms with Crippen molar-refractivity contribution in [1.82, 2.24) is 15.0 Å². The van der Waals surface area contributed by atoms with Crippen LogP contribution in [0.15, 0.2) is 249 Å². The van der Waals surface area contributed by atoms with E-state index in [0.717, 1.165) is 81.7 Å². The summed E-state index contributed by atoms with van der Waals surface area (Å²) in [5.74, 6) is 0. The molecule has 12 rings (SSSR count). The van der Waals surface area contributed by atoms with Gasteiger partial charge in [-0.05, 0) is 123 Å². The van der Waals surface area contributed by atoms with Gasteiger partial charge in [-0.3, -0.25) is 15.0 Å². The van der Waals surface area contributed by atoms with Crippen molar-refractivity contribution >= 4 is 31.5 Å². The van der Waals surface area contributed by atoms with E-state index in [2.05, 4.69) is 225 Å². The monoisotopic (exact) mass is 927 g/mol. The number of rotatable bonds is 13. The molecular weight excluding hydrogens is 879 g/mol. The number of hydrogen-bond acceptors (Lipinski definition) is 4. The Labute approximate surface area is 419 Å². The molecule has 12 aromatic rings. The van der Waals surface area contributed by atoms with E-state index in [-0.39, 0.29) is 0 Å². The first-order valence-corrected chi connectivity index (χ1v) is 25.3. The van der Waals surface area contributed by atoms with Gasteiger partial charge < -0.3 is 0 Å². The van der Waals surface area contributed by atoms with Crippen LogP contribution in [0.5, 0.6) is 0 Å². The third-order valence-electron chi connectivity index (χ3n) is 13.7. The summed E-state index contributed by atoms with van der Waals surface area (Å²) in [4.78, 5) is 15.0. The van der Waals surface area contributed by atoms with Crippen LogP contribution in [0.3, 0.4) is 0 Å². The fourth-order valence-corrected chi connectivity index (χ4v) is 11.0. The first-order valence-electron chi connectivity index (χ1n) is 24.5. The van der Waals surface area contributed by atoms with Crippen LogP contribution in [0.1, 0.15) is 22.3 Å². The Balaban J connectivity index is 0.927. The number of nitrogens with zero attached hydrogens (tertiary/aromatic N) is 3. The van der Waals surface area contributed by atoms with Crippen molar-refractivity contribution in [3.8, 4) is 78.3 Å². The highest BCUT2D eigenvalue weighted by molar-refractivity contribution is 7.25. The van der Waals surface area contributed by atoms with Gasteiger partial charge in [0.1, 0.15) is 0 Å². The summed E-state index contributed by atoms with van der Waals surface area (Å²) in [6.45, 7) is 0. The Kier molecular flexibility index (Phi) is 12.2. The molecule has 4 aromatic heterocycles. The highest BCUT2D eigenvalue weighted by Crippen LogP contribution is 2.42. The molecule has 0 atom stereocenters. The van der Waals surface area contributed by atoms with Gasteiger partial charge in [0.25, 0.3) is 0 Å². The van der Waals surface area contributed by atoms with Crippen LogP contribution in [0.4, 0.5) is 0 Å². The minimum atomic E-state index is 0.888. The quantitative estimate of drug-likeness (QED) is 0.116. The maximum atomic E-state index is 5.29. The summed E-state index contributed by atoms with van der Waals surface area (Å²) in [6, 6.07) is 83.1. The van der Waals surface area contributed by atoms with Gasteiger partial charge >= 0.3 is 0 Å².